The molecular formula is C18H12BrN3O3S. The number of nitro benzene ring substituents is 1. The van der Waals surface area contributed by atoms with E-state index in [0.717, 1.165) is 14.4 Å². The summed E-state index contributed by atoms with van der Waals surface area (Å²) in [6.07, 6.45) is 1.69. The quantitative estimate of drug-likeness (QED) is 0.447. The number of halogens is 1. The largest absolute Gasteiger partial charge is 0.322 e. The van der Waals surface area contributed by atoms with E-state index in [0.29, 0.717) is 11.3 Å². The number of nitrogens with zero attached hydrogens (tertiary/aromatic N) is 2. The molecule has 1 amide bonds. The summed E-state index contributed by atoms with van der Waals surface area (Å²) >= 11 is 4.71. The topological polar surface area (TPSA) is 85.1 Å². The average Bonchev–Trinajstić information content (AvgIpc) is 2.64. The van der Waals surface area contributed by atoms with Crippen LogP contribution in [-0.4, -0.2) is 15.8 Å². The molecule has 0 aliphatic heterocycles. The van der Waals surface area contributed by atoms with Crippen LogP contribution in [0.25, 0.3) is 0 Å². The van der Waals surface area contributed by atoms with E-state index in [1.165, 1.54) is 30.0 Å². The molecule has 0 atom stereocenters. The second-order valence-corrected chi connectivity index (χ2v) is 7.15. The molecule has 26 heavy (non-hydrogen) atoms. The van der Waals surface area contributed by atoms with Gasteiger partial charge < -0.3 is 5.32 Å². The highest BCUT2D eigenvalue weighted by Crippen LogP contribution is 2.30. The molecule has 0 fully saturated rings. The molecule has 0 saturated carbocycles. The zero-order valence-corrected chi connectivity index (χ0v) is 15.7. The van der Waals surface area contributed by atoms with Gasteiger partial charge in [-0.25, -0.2) is 4.98 Å². The van der Waals surface area contributed by atoms with Crippen LogP contribution in [0.5, 0.6) is 0 Å². The minimum absolute atomic E-state index is 0.0791. The number of hydrogen-bond acceptors (Lipinski definition) is 5. The number of benzene rings is 2. The zero-order valence-electron chi connectivity index (χ0n) is 13.3. The van der Waals surface area contributed by atoms with Crippen molar-refractivity contribution in [2.45, 2.75) is 9.92 Å². The van der Waals surface area contributed by atoms with Gasteiger partial charge in [-0.1, -0.05) is 30.0 Å². The second-order valence-electron chi connectivity index (χ2n) is 5.17. The Bertz CT molecular complexity index is 964. The van der Waals surface area contributed by atoms with Crippen molar-refractivity contribution < 1.29 is 9.72 Å². The Labute approximate surface area is 161 Å². The molecule has 3 aromatic rings. The van der Waals surface area contributed by atoms with Crippen LogP contribution in [-0.2, 0) is 0 Å². The number of nitro groups is 1. The first-order valence-corrected chi connectivity index (χ1v) is 9.08. The third kappa shape index (κ3) is 4.47. The lowest BCUT2D eigenvalue weighted by atomic mass is 10.2. The number of non-ortho nitro benzene ring substituents is 1. The van der Waals surface area contributed by atoms with Gasteiger partial charge in [-0.15, -0.1) is 0 Å². The third-order valence-corrected chi connectivity index (χ3v) is 4.86. The number of nitrogens with one attached hydrogen (secondary N) is 1. The smallest absolute Gasteiger partial charge is 0.271 e. The minimum Gasteiger partial charge on any atom is -0.322 e. The van der Waals surface area contributed by atoms with Gasteiger partial charge >= 0.3 is 0 Å². The van der Waals surface area contributed by atoms with Crippen molar-refractivity contribution in [1.29, 1.82) is 0 Å². The van der Waals surface area contributed by atoms with Crippen LogP contribution < -0.4 is 5.32 Å². The third-order valence-electron chi connectivity index (χ3n) is 3.36. The van der Waals surface area contributed by atoms with Crippen molar-refractivity contribution >= 4 is 45.0 Å². The number of carbonyl (C=O) groups is 1. The lowest BCUT2D eigenvalue weighted by Gasteiger charge is -2.09. The van der Waals surface area contributed by atoms with Crippen LogP contribution in [0.3, 0.4) is 0 Å². The van der Waals surface area contributed by atoms with E-state index in [4.69, 9.17) is 0 Å². The first-order valence-electron chi connectivity index (χ1n) is 7.47. The van der Waals surface area contributed by atoms with Gasteiger partial charge in [-0.2, -0.15) is 0 Å². The average molecular weight is 430 g/mol. The molecule has 0 unspecified atom stereocenters. The Morgan fingerprint density at radius 2 is 1.92 bits per heavy atom. The van der Waals surface area contributed by atoms with E-state index >= 15 is 0 Å². The maximum absolute atomic E-state index is 12.6. The van der Waals surface area contributed by atoms with Crippen LogP contribution in [0.4, 0.5) is 11.4 Å². The first kappa shape index (κ1) is 18.1. The normalized spacial score (nSPS) is 10.3. The molecule has 1 aromatic heterocycles. The van der Waals surface area contributed by atoms with Gasteiger partial charge in [0.05, 0.1) is 10.5 Å². The number of aromatic nitrogens is 1. The summed E-state index contributed by atoms with van der Waals surface area (Å²) in [6, 6.07) is 16.7. The van der Waals surface area contributed by atoms with Gasteiger partial charge in [-0.05, 0) is 46.3 Å². The van der Waals surface area contributed by atoms with Gasteiger partial charge in [0.25, 0.3) is 11.6 Å². The number of anilines is 1. The summed E-state index contributed by atoms with van der Waals surface area (Å²) in [6.45, 7) is 0. The van der Waals surface area contributed by atoms with Crippen molar-refractivity contribution in [3.63, 3.8) is 0 Å². The molecule has 0 saturated heterocycles. The summed E-state index contributed by atoms with van der Waals surface area (Å²) in [5.74, 6) is -0.342. The van der Waals surface area contributed by atoms with Crippen molar-refractivity contribution in [2.24, 2.45) is 0 Å². The Morgan fingerprint density at radius 3 is 2.65 bits per heavy atom. The molecule has 2 aromatic carbocycles. The summed E-state index contributed by atoms with van der Waals surface area (Å²) in [5, 5.41) is 14.3. The van der Waals surface area contributed by atoms with Crippen LogP contribution in [0, 0.1) is 10.1 Å². The number of amides is 1. The highest BCUT2D eigenvalue weighted by Gasteiger charge is 2.14. The Morgan fingerprint density at radius 1 is 1.12 bits per heavy atom. The molecule has 8 heteroatoms. The van der Waals surface area contributed by atoms with E-state index in [2.05, 4.69) is 26.2 Å². The Kier molecular flexibility index (Phi) is 5.65. The minimum atomic E-state index is -0.501. The second kappa shape index (κ2) is 8.11. The molecule has 3 rings (SSSR count). The monoisotopic (exact) mass is 429 g/mol. The first-order chi connectivity index (χ1) is 12.5. The molecule has 0 aliphatic rings. The van der Waals surface area contributed by atoms with Crippen molar-refractivity contribution in [3.8, 4) is 0 Å². The molecular weight excluding hydrogens is 418 g/mol. The van der Waals surface area contributed by atoms with E-state index < -0.39 is 4.92 Å². The predicted molar refractivity (Wildman–Crippen MR) is 104 cm³/mol. The molecule has 0 spiro atoms. The predicted octanol–water partition coefficient (Wildman–Crippen LogP) is 5.16. The Hall–Kier alpha value is -2.71. The number of hydrogen-bond donors (Lipinski definition) is 1. The molecule has 0 aliphatic carbocycles. The lowest BCUT2D eigenvalue weighted by Crippen LogP contribution is -2.13. The van der Waals surface area contributed by atoms with Gasteiger partial charge in [0.1, 0.15) is 5.03 Å². The highest BCUT2D eigenvalue weighted by atomic mass is 79.9. The van der Waals surface area contributed by atoms with E-state index in [1.807, 2.05) is 24.3 Å². The maximum atomic E-state index is 12.6. The van der Waals surface area contributed by atoms with Gasteiger partial charge in [0.15, 0.2) is 0 Å². The lowest BCUT2D eigenvalue weighted by molar-refractivity contribution is -0.384. The standard InChI is InChI=1S/C18H12BrN3O3S/c19-12-8-9-17(20-11-12)26-16-7-2-1-6-15(16)18(23)21-13-4-3-5-14(10-13)22(24)25/h1-11H,(H,21,23). The molecule has 0 bridgehead atoms. The van der Waals surface area contributed by atoms with Gasteiger partial charge in [0, 0.05) is 33.4 Å². The molecule has 1 heterocycles. The van der Waals surface area contributed by atoms with Crippen LogP contribution >= 0.6 is 27.7 Å². The van der Waals surface area contributed by atoms with Gasteiger partial charge in [0.2, 0.25) is 0 Å². The Balaban J connectivity index is 1.82. The fourth-order valence-electron chi connectivity index (χ4n) is 2.17. The molecule has 1 N–H and O–H groups in total. The van der Waals surface area contributed by atoms with Crippen molar-refractivity contribution in [1.82, 2.24) is 4.98 Å². The summed E-state index contributed by atoms with van der Waals surface area (Å²) in [7, 11) is 0. The number of carbonyl (C=O) groups excluding carboxylic acids is 1. The van der Waals surface area contributed by atoms with Crippen LogP contribution in [0.1, 0.15) is 10.4 Å². The molecule has 0 radical (unpaired) electrons. The van der Waals surface area contributed by atoms with Crippen LogP contribution in [0.15, 0.2) is 81.3 Å². The fourth-order valence-corrected chi connectivity index (χ4v) is 3.29. The van der Waals surface area contributed by atoms with Crippen molar-refractivity contribution in [3.05, 3.63) is 87.0 Å². The SMILES string of the molecule is O=C(Nc1cccc([N+](=O)[O-])c1)c1ccccc1Sc1ccc(Br)cn1. The number of rotatable bonds is 5. The summed E-state index contributed by atoms with van der Waals surface area (Å²) in [4.78, 5) is 28.0. The summed E-state index contributed by atoms with van der Waals surface area (Å²) < 4.78 is 0.874. The zero-order chi connectivity index (χ0) is 18.5. The van der Waals surface area contributed by atoms with Crippen molar-refractivity contribution in [2.75, 3.05) is 5.32 Å². The maximum Gasteiger partial charge on any atom is 0.271 e. The van der Waals surface area contributed by atoms with Gasteiger partial charge in [-0.3, -0.25) is 14.9 Å². The van der Waals surface area contributed by atoms with E-state index in [-0.39, 0.29) is 11.6 Å². The van der Waals surface area contributed by atoms with Crippen LogP contribution in [0.2, 0.25) is 0 Å². The molecule has 130 valence electrons. The highest BCUT2D eigenvalue weighted by molar-refractivity contribution is 9.10. The van der Waals surface area contributed by atoms with E-state index in [9.17, 15) is 14.9 Å². The summed E-state index contributed by atoms with van der Waals surface area (Å²) in [5.41, 5.74) is 0.754. The van der Waals surface area contributed by atoms with E-state index in [1.54, 1.807) is 24.4 Å². The molecule has 6 nitrogen and oxygen atoms in total. The fraction of sp³-hybridized carbons (Fsp3) is 0. The number of pyridine rings is 1.